The average Bonchev–Trinajstić information content (AvgIpc) is 3.31. The highest BCUT2D eigenvalue weighted by Gasteiger charge is 2.32. The molecule has 7 nitrogen and oxygen atoms in total. The lowest BCUT2D eigenvalue weighted by Crippen LogP contribution is -2.39. The van der Waals surface area contributed by atoms with E-state index >= 15 is 0 Å². The number of carbonyl (C=O) groups is 1. The Hall–Kier alpha value is -3.26. The van der Waals surface area contributed by atoms with E-state index in [1.807, 2.05) is 49.5 Å². The normalized spacial score (nSPS) is 16.5. The van der Waals surface area contributed by atoms with Gasteiger partial charge in [0.15, 0.2) is 4.80 Å². The Morgan fingerprint density at radius 1 is 1.28 bits per heavy atom. The number of hydrogen-bond donors (Lipinski definition) is 0. The molecule has 0 saturated heterocycles. The Balaban J connectivity index is 1.95. The van der Waals surface area contributed by atoms with Gasteiger partial charge in [0.05, 0.1) is 34.6 Å². The number of methoxy groups -OCH3 is 1. The lowest BCUT2D eigenvalue weighted by Gasteiger charge is -2.24. The minimum absolute atomic E-state index is 0.206. The second kappa shape index (κ2) is 7.63. The van der Waals surface area contributed by atoms with E-state index in [4.69, 9.17) is 4.74 Å². The van der Waals surface area contributed by atoms with Gasteiger partial charge in [-0.3, -0.25) is 14.0 Å². The van der Waals surface area contributed by atoms with Crippen molar-refractivity contribution in [3.63, 3.8) is 0 Å². The molecule has 0 amide bonds. The third-order valence-corrected chi connectivity index (χ3v) is 5.79. The lowest BCUT2D eigenvalue weighted by molar-refractivity contribution is -0.136. The van der Waals surface area contributed by atoms with Crippen LogP contribution in [0.3, 0.4) is 0 Å². The predicted molar refractivity (Wildman–Crippen MR) is 110 cm³/mol. The summed E-state index contributed by atoms with van der Waals surface area (Å²) in [5.74, 6) is -0.490. The maximum atomic E-state index is 13.3. The van der Waals surface area contributed by atoms with Crippen LogP contribution < -0.4 is 14.9 Å². The number of esters is 1. The molecule has 3 heterocycles. The zero-order valence-corrected chi connectivity index (χ0v) is 17.1. The van der Waals surface area contributed by atoms with E-state index in [0.29, 0.717) is 26.3 Å². The van der Waals surface area contributed by atoms with E-state index in [0.717, 1.165) is 12.1 Å². The van der Waals surface area contributed by atoms with Crippen LogP contribution in [-0.2, 0) is 16.1 Å². The van der Waals surface area contributed by atoms with Gasteiger partial charge in [0, 0.05) is 12.7 Å². The Kier molecular flexibility index (Phi) is 5.02. The second-order valence-corrected chi connectivity index (χ2v) is 7.59. The van der Waals surface area contributed by atoms with Crippen LogP contribution in [0, 0.1) is 0 Å². The first-order valence-electron chi connectivity index (χ1n) is 9.22. The molecule has 0 bridgehead atoms. The van der Waals surface area contributed by atoms with Gasteiger partial charge in [-0.15, -0.1) is 0 Å². The molecule has 2 aromatic heterocycles. The summed E-state index contributed by atoms with van der Waals surface area (Å²) in [5.41, 5.74) is 2.24. The molecule has 0 spiro atoms. The first-order valence-corrected chi connectivity index (χ1v) is 10.0. The molecule has 0 unspecified atom stereocenters. The standard InChI is InChI=1S/C21H20N4O3S/c1-4-24-11-10-15(23-24)12-16-19(26)25-18(14-8-6-5-7-9-14)17(20(27)28-3)13(2)22-21(25)29-16/h5-12,18H,4H2,1-3H3/b16-12+/t18-/m1/s1. The van der Waals surface area contributed by atoms with Crippen LogP contribution in [0.25, 0.3) is 6.08 Å². The summed E-state index contributed by atoms with van der Waals surface area (Å²) in [6.45, 7) is 4.52. The molecule has 0 radical (unpaired) electrons. The van der Waals surface area contributed by atoms with Crippen LogP contribution in [0.15, 0.2) is 63.7 Å². The number of carbonyl (C=O) groups excluding carboxylic acids is 1. The maximum Gasteiger partial charge on any atom is 0.338 e. The largest absolute Gasteiger partial charge is 0.466 e. The van der Waals surface area contributed by atoms with E-state index in [-0.39, 0.29) is 5.56 Å². The molecule has 3 aromatic rings. The van der Waals surface area contributed by atoms with Gasteiger partial charge in [0.1, 0.15) is 0 Å². The van der Waals surface area contributed by atoms with Crippen LogP contribution in [0.1, 0.15) is 31.1 Å². The lowest BCUT2D eigenvalue weighted by atomic mass is 9.96. The summed E-state index contributed by atoms with van der Waals surface area (Å²) in [7, 11) is 1.33. The van der Waals surface area contributed by atoms with Gasteiger partial charge in [-0.1, -0.05) is 41.7 Å². The van der Waals surface area contributed by atoms with Crippen LogP contribution >= 0.6 is 11.3 Å². The summed E-state index contributed by atoms with van der Waals surface area (Å²) >= 11 is 1.29. The zero-order valence-electron chi connectivity index (χ0n) is 16.3. The molecular weight excluding hydrogens is 388 g/mol. The van der Waals surface area contributed by atoms with Crippen molar-refractivity contribution in [1.29, 1.82) is 0 Å². The van der Waals surface area contributed by atoms with E-state index in [1.54, 1.807) is 22.2 Å². The van der Waals surface area contributed by atoms with Crippen molar-refractivity contribution in [3.8, 4) is 0 Å². The van der Waals surface area contributed by atoms with Gasteiger partial charge in [-0.05, 0) is 31.6 Å². The number of hydrogen-bond acceptors (Lipinski definition) is 6. The highest BCUT2D eigenvalue weighted by molar-refractivity contribution is 7.07. The first kappa shape index (κ1) is 19.1. The molecule has 0 fully saturated rings. The van der Waals surface area contributed by atoms with Crippen LogP contribution in [0.4, 0.5) is 0 Å². The van der Waals surface area contributed by atoms with Crippen molar-refractivity contribution < 1.29 is 9.53 Å². The molecular formula is C21H20N4O3S. The van der Waals surface area contributed by atoms with Crippen molar-refractivity contribution in [2.24, 2.45) is 4.99 Å². The van der Waals surface area contributed by atoms with Crippen LogP contribution in [-0.4, -0.2) is 27.4 Å². The first-order chi connectivity index (χ1) is 14.0. The average molecular weight is 408 g/mol. The number of benzene rings is 1. The number of ether oxygens (including phenoxy) is 1. The SMILES string of the molecule is CCn1ccc(/C=c2/sc3n(c2=O)[C@H](c2ccccc2)C(C(=O)OC)=C(C)N=3)n1. The molecule has 8 heteroatoms. The van der Waals surface area contributed by atoms with Crippen molar-refractivity contribution >= 4 is 23.4 Å². The number of aromatic nitrogens is 3. The van der Waals surface area contributed by atoms with E-state index < -0.39 is 12.0 Å². The number of thiazole rings is 1. The zero-order chi connectivity index (χ0) is 20.5. The molecule has 0 N–H and O–H groups in total. The summed E-state index contributed by atoms with van der Waals surface area (Å²) in [6, 6.07) is 10.7. The van der Waals surface area contributed by atoms with E-state index in [1.165, 1.54) is 18.4 Å². The highest BCUT2D eigenvalue weighted by Crippen LogP contribution is 2.30. The molecule has 1 aliphatic rings. The quantitative estimate of drug-likeness (QED) is 0.615. The van der Waals surface area contributed by atoms with Crippen LogP contribution in [0.5, 0.6) is 0 Å². The molecule has 1 atom stereocenters. The molecule has 1 aromatic carbocycles. The molecule has 148 valence electrons. The van der Waals surface area contributed by atoms with Crippen molar-refractivity contribution in [2.75, 3.05) is 7.11 Å². The highest BCUT2D eigenvalue weighted by atomic mass is 32.1. The predicted octanol–water partition coefficient (Wildman–Crippen LogP) is 1.62. The second-order valence-electron chi connectivity index (χ2n) is 6.58. The van der Waals surface area contributed by atoms with E-state index in [9.17, 15) is 9.59 Å². The summed E-state index contributed by atoms with van der Waals surface area (Å²) in [4.78, 5) is 30.9. The van der Waals surface area contributed by atoms with E-state index in [2.05, 4.69) is 10.1 Å². The maximum absolute atomic E-state index is 13.3. The smallest absolute Gasteiger partial charge is 0.338 e. The number of aryl methyl sites for hydroxylation is 1. The fourth-order valence-electron chi connectivity index (χ4n) is 3.41. The fraction of sp³-hybridized carbons (Fsp3) is 0.238. The summed E-state index contributed by atoms with van der Waals surface area (Å²) in [6.07, 6.45) is 3.63. The number of allylic oxidation sites excluding steroid dienone is 1. The van der Waals surface area contributed by atoms with Gasteiger partial charge in [-0.2, -0.15) is 5.10 Å². The van der Waals surface area contributed by atoms with Gasteiger partial charge in [0.2, 0.25) is 0 Å². The number of rotatable bonds is 4. The van der Waals surface area contributed by atoms with Gasteiger partial charge >= 0.3 is 5.97 Å². The van der Waals surface area contributed by atoms with Gasteiger partial charge in [-0.25, -0.2) is 9.79 Å². The van der Waals surface area contributed by atoms with Gasteiger partial charge < -0.3 is 4.74 Å². The summed E-state index contributed by atoms with van der Waals surface area (Å²) in [5, 5.41) is 4.42. The third-order valence-electron chi connectivity index (χ3n) is 4.81. The summed E-state index contributed by atoms with van der Waals surface area (Å²) < 4.78 is 8.89. The fourth-order valence-corrected chi connectivity index (χ4v) is 4.44. The Morgan fingerprint density at radius 3 is 2.69 bits per heavy atom. The molecule has 29 heavy (non-hydrogen) atoms. The number of nitrogens with zero attached hydrogens (tertiary/aromatic N) is 4. The molecule has 0 aliphatic carbocycles. The Bertz CT molecular complexity index is 1280. The van der Waals surface area contributed by atoms with Crippen molar-refractivity contribution in [3.05, 3.63) is 84.8 Å². The monoisotopic (exact) mass is 408 g/mol. The molecule has 4 rings (SSSR count). The topological polar surface area (TPSA) is 78.5 Å². The minimum Gasteiger partial charge on any atom is -0.466 e. The van der Waals surface area contributed by atoms with Crippen molar-refractivity contribution in [1.82, 2.24) is 14.3 Å². The Labute approximate surface area is 170 Å². The third kappa shape index (κ3) is 3.36. The van der Waals surface area contributed by atoms with Crippen LogP contribution in [0.2, 0.25) is 0 Å². The minimum atomic E-state index is -0.588. The van der Waals surface area contributed by atoms with Crippen molar-refractivity contribution in [2.45, 2.75) is 26.4 Å². The molecule has 0 saturated carbocycles. The Morgan fingerprint density at radius 2 is 2.03 bits per heavy atom. The van der Waals surface area contributed by atoms with Gasteiger partial charge in [0.25, 0.3) is 5.56 Å². The molecule has 1 aliphatic heterocycles. The number of fused-ring (bicyclic) bond motifs is 1.